The van der Waals surface area contributed by atoms with Crippen molar-refractivity contribution >= 4 is 6.09 Å². The van der Waals surface area contributed by atoms with Gasteiger partial charge in [0.25, 0.3) is 0 Å². The summed E-state index contributed by atoms with van der Waals surface area (Å²) in [5.41, 5.74) is 0.726. The molecule has 0 fully saturated rings. The first-order valence-corrected chi connectivity index (χ1v) is 6.55. The van der Waals surface area contributed by atoms with Gasteiger partial charge in [-0.15, -0.1) is 6.58 Å². The summed E-state index contributed by atoms with van der Waals surface area (Å²) in [6.07, 6.45) is 2.31. The number of alkyl carbamates (subject to hydrolysis) is 1. The molecule has 3 nitrogen and oxygen atoms in total. The van der Waals surface area contributed by atoms with Crippen molar-refractivity contribution in [1.29, 1.82) is 0 Å². The van der Waals surface area contributed by atoms with Crippen LogP contribution in [0, 0.1) is 0 Å². The fourth-order valence-corrected chi connectivity index (χ4v) is 1.78. The molecular weight excluding hydrogens is 238 g/mol. The molecule has 0 heterocycles. The Hall–Kier alpha value is -1.77. The van der Waals surface area contributed by atoms with Crippen LogP contribution in [0.3, 0.4) is 0 Å². The molecule has 0 spiro atoms. The molecule has 0 aliphatic heterocycles. The average molecular weight is 261 g/mol. The molecule has 0 radical (unpaired) electrons. The highest BCUT2D eigenvalue weighted by Crippen LogP contribution is 2.19. The fourth-order valence-electron chi connectivity index (χ4n) is 1.78. The van der Waals surface area contributed by atoms with Gasteiger partial charge in [-0.1, -0.05) is 36.4 Å². The number of benzene rings is 1. The van der Waals surface area contributed by atoms with Gasteiger partial charge in [-0.3, -0.25) is 0 Å². The topological polar surface area (TPSA) is 38.3 Å². The van der Waals surface area contributed by atoms with Gasteiger partial charge in [0.2, 0.25) is 0 Å². The van der Waals surface area contributed by atoms with E-state index >= 15 is 0 Å². The quantitative estimate of drug-likeness (QED) is 0.817. The minimum Gasteiger partial charge on any atom is -0.444 e. The largest absolute Gasteiger partial charge is 0.444 e. The second-order valence-corrected chi connectivity index (χ2v) is 5.51. The smallest absolute Gasteiger partial charge is 0.407 e. The summed E-state index contributed by atoms with van der Waals surface area (Å²) >= 11 is 0. The first kappa shape index (κ1) is 15.3. The van der Waals surface area contributed by atoms with Crippen LogP contribution in [0.4, 0.5) is 4.79 Å². The van der Waals surface area contributed by atoms with Crippen molar-refractivity contribution < 1.29 is 9.53 Å². The highest BCUT2D eigenvalue weighted by molar-refractivity contribution is 5.67. The van der Waals surface area contributed by atoms with Crippen LogP contribution in [-0.2, 0) is 4.74 Å². The van der Waals surface area contributed by atoms with Crippen molar-refractivity contribution in [1.82, 2.24) is 5.32 Å². The highest BCUT2D eigenvalue weighted by Gasteiger charge is 2.17. The third-order valence-corrected chi connectivity index (χ3v) is 2.61. The van der Waals surface area contributed by atoms with Crippen LogP contribution in [0.5, 0.6) is 0 Å². The van der Waals surface area contributed by atoms with E-state index in [0.717, 1.165) is 6.42 Å². The molecule has 0 aliphatic rings. The molecule has 1 N–H and O–H groups in total. The number of rotatable bonds is 5. The van der Waals surface area contributed by atoms with E-state index in [2.05, 4.69) is 24.0 Å². The Labute approximate surface area is 115 Å². The maximum atomic E-state index is 11.6. The second-order valence-electron chi connectivity index (χ2n) is 5.51. The van der Waals surface area contributed by atoms with Crippen LogP contribution in [0.15, 0.2) is 43.0 Å². The standard InChI is InChI=1S/C16H23NO2/c1-5-9-14(13-10-7-6-8-11-13)12-17-15(18)19-16(2,3)4/h5-8,10-11,14H,1,9,12H2,2-4H3,(H,17,18). The second kappa shape index (κ2) is 6.98. The summed E-state index contributed by atoms with van der Waals surface area (Å²) in [6, 6.07) is 10.1. The molecule has 0 saturated carbocycles. The third kappa shape index (κ3) is 6.09. The summed E-state index contributed by atoms with van der Waals surface area (Å²) in [7, 11) is 0. The molecule has 0 aromatic heterocycles. The van der Waals surface area contributed by atoms with Gasteiger partial charge in [0.1, 0.15) is 5.60 Å². The van der Waals surface area contributed by atoms with E-state index in [4.69, 9.17) is 4.74 Å². The lowest BCUT2D eigenvalue weighted by molar-refractivity contribution is 0.0524. The van der Waals surface area contributed by atoms with E-state index in [1.165, 1.54) is 5.56 Å². The normalized spacial score (nSPS) is 12.6. The van der Waals surface area contributed by atoms with Crippen LogP contribution in [0.1, 0.15) is 38.7 Å². The minimum atomic E-state index is -0.467. The van der Waals surface area contributed by atoms with Gasteiger partial charge >= 0.3 is 6.09 Å². The van der Waals surface area contributed by atoms with Crippen LogP contribution in [0.25, 0.3) is 0 Å². The zero-order chi connectivity index (χ0) is 14.3. The Balaban J connectivity index is 2.56. The molecular formula is C16H23NO2. The Morgan fingerprint density at radius 1 is 1.37 bits per heavy atom. The molecule has 1 aromatic rings. The predicted octanol–water partition coefficient (Wildman–Crippen LogP) is 3.87. The van der Waals surface area contributed by atoms with E-state index in [-0.39, 0.29) is 12.0 Å². The minimum absolute atomic E-state index is 0.228. The Morgan fingerprint density at radius 3 is 2.53 bits per heavy atom. The monoisotopic (exact) mass is 261 g/mol. The van der Waals surface area contributed by atoms with Gasteiger partial charge in [-0.25, -0.2) is 4.79 Å². The van der Waals surface area contributed by atoms with Crippen molar-refractivity contribution in [2.45, 2.75) is 38.7 Å². The first-order chi connectivity index (χ1) is 8.92. The van der Waals surface area contributed by atoms with Crippen molar-refractivity contribution in [3.05, 3.63) is 48.6 Å². The van der Waals surface area contributed by atoms with Gasteiger partial charge in [-0.2, -0.15) is 0 Å². The number of nitrogens with one attached hydrogen (secondary N) is 1. The number of ether oxygens (including phenoxy) is 1. The lowest BCUT2D eigenvalue weighted by Crippen LogP contribution is -2.34. The summed E-state index contributed by atoms with van der Waals surface area (Å²) < 4.78 is 5.23. The molecule has 0 bridgehead atoms. The summed E-state index contributed by atoms with van der Waals surface area (Å²) in [5, 5.41) is 2.81. The number of carbonyl (C=O) groups excluding carboxylic acids is 1. The molecule has 1 amide bonds. The van der Waals surface area contributed by atoms with E-state index in [0.29, 0.717) is 6.54 Å². The van der Waals surface area contributed by atoms with Crippen molar-refractivity contribution in [2.24, 2.45) is 0 Å². The first-order valence-electron chi connectivity index (χ1n) is 6.55. The van der Waals surface area contributed by atoms with Crippen LogP contribution < -0.4 is 5.32 Å². The maximum absolute atomic E-state index is 11.6. The molecule has 1 atom stereocenters. The molecule has 0 aliphatic carbocycles. The summed E-state index contributed by atoms with van der Waals surface area (Å²) in [5.74, 6) is 0.228. The number of hydrogen-bond donors (Lipinski definition) is 1. The van der Waals surface area contributed by atoms with Crippen molar-refractivity contribution in [3.63, 3.8) is 0 Å². The lowest BCUT2D eigenvalue weighted by Gasteiger charge is -2.21. The van der Waals surface area contributed by atoms with Crippen molar-refractivity contribution in [3.8, 4) is 0 Å². The molecule has 19 heavy (non-hydrogen) atoms. The predicted molar refractivity (Wildman–Crippen MR) is 78.2 cm³/mol. The Bertz CT molecular complexity index is 407. The number of carbonyl (C=O) groups is 1. The zero-order valence-electron chi connectivity index (χ0n) is 12.0. The molecule has 104 valence electrons. The molecule has 0 saturated heterocycles. The van der Waals surface area contributed by atoms with E-state index in [1.807, 2.05) is 45.0 Å². The van der Waals surface area contributed by atoms with Gasteiger partial charge in [0, 0.05) is 12.5 Å². The third-order valence-electron chi connectivity index (χ3n) is 2.61. The Kier molecular flexibility index (Phi) is 5.61. The summed E-state index contributed by atoms with van der Waals surface area (Å²) in [6.45, 7) is 9.87. The molecule has 3 heteroatoms. The zero-order valence-corrected chi connectivity index (χ0v) is 12.0. The molecule has 1 unspecified atom stereocenters. The number of amides is 1. The maximum Gasteiger partial charge on any atom is 0.407 e. The van der Waals surface area contributed by atoms with Gasteiger partial charge < -0.3 is 10.1 Å². The van der Waals surface area contributed by atoms with Crippen LogP contribution in [0.2, 0.25) is 0 Å². The van der Waals surface area contributed by atoms with Crippen LogP contribution in [-0.4, -0.2) is 18.2 Å². The average Bonchev–Trinajstić information content (AvgIpc) is 2.33. The SMILES string of the molecule is C=CCC(CNC(=O)OC(C)(C)C)c1ccccc1. The fraction of sp³-hybridized carbons (Fsp3) is 0.438. The van der Waals surface area contributed by atoms with E-state index in [9.17, 15) is 4.79 Å². The van der Waals surface area contributed by atoms with Crippen LogP contribution >= 0.6 is 0 Å². The van der Waals surface area contributed by atoms with E-state index < -0.39 is 5.60 Å². The lowest BCUT2D eigenvalue weighted by atomic mass is 9.96. The molecule has 1 rings (SSSR count). The van der Waals surface area contributed by atoms with Gasteiger partial charge in [0.05, 0.1) is 0 Å². The number of hydrogen-bond acceptors (Lipinski definition) is 2. The van der Waals surface area contributed by atoms with Crippen molar-refractivity contribution in [2.75, 3.05) is 6.54 Å². The Morgan fingerprint density at radius 2 is 2.00 bits per heavy atom. The summed E-state index contributed by atoms with van der Waals surface area (Å²) in [4.78, 5) is 11.6. The van der Waals surface area contributed by atoms with E-state index in [1.54, 1.807) is 0 Å². The van der Waals surface area contributed by atoms with Gasteiger partial charge in [0.15, 0.2) is 0 Å². The number of allylic oxidation sites excluding steroid dienone is 1. The van der Waals surface area contributed by atoms with Gasteiger partial charge in [-0.05, 0) is 32.8 Å². The highest BCUT2D eigenvalue weighted by atomic mass is 16.6. The molecule has 1 aromatic carbocycles.